The van der Waals surface area contributed by atoms with Gasteiger partial charge in [0.05, 0.1) is 24.8 Å². The number of hydrogen-bond donors (Lipinski definition) is 2. The molecule has 0 spiro atoms. The summed E-state index contributed by atoms with van der Waals surface area (Å²) in [6, 6.07) is 9.78. The van der Waals surface area contributed by atoms with Crippen LogP contribution in [0.4, 0.5) is 4.39 Å². The number of fused-ring (bicyclic) bond motifs is 1. The van der Waals surface area contributed by atoms with Crippen LogP contribution in [0.5, 0.6) is 5.88 Å². The second kappa shape index (κ2) is 9.49. The number of aromatic nitrogens is 3. The number of aryl methyl sites for hydroxylation is 2. The molecule has 1 saturated carbocycles. The summed E-state index contributed by atoms with van der Waals surface area (Å²) in [6.45, 7) is 1.64. The number of benzene rings is 2. The molecular formula is C27H23ClFN5O5. The Morgan fingerprint density at radius 3 is 2.67 bits per heavy atom. The fourth-order valence-corrected chi connectivity index (χ4v) is 5.14. The molecule has 0 aliphatic heterocycles. The van der Waals surface area contributed by atoms with Gasteiger partial charge in [-0.1, -0.05) is 35.0 Å². The van der Waals surface area contributed by atoms with Gasteiger partial charge in [0.15, 0.2) is 0 Å². The van der Waals surface area contributed by atoms with Crippen LogP contribution in [-0.4, -0.2) is 39.8 Å². The number of halogens is 2. The number of nitrogens with zero attached hydrogens (tertiary/aromatic N) is 3. The Hall–Kier alpha value is -4.25. The Morgan fingerprint density at radius 1 is 1.15 bits per heavy atom. The molecule has 0 radical (unpaired) electrons. The monoisotopic (exact) mass is 551 g/mol. The van der Waals surface area contributed by atoms with Crippen molar-refractivity contribution in [2.75, 3.05) is 7.11 Å². The Kier molecular flexibility index (Phi) is 6.10. The highest BCUT2D eigenvalue weighted by atomic mass is 35.5. The van der Waals surface area contributed by atoms with Crippen molar-refractivity contribution in [1.82, 2.24) is 25.9 Å². The third kappa shape index (κ3) is 4.63. The number of nitrogens with one attached hydrogen (secondary N) is 2. The fourth-order valence-electron chi connectivity index (χ4n) is 4.94. The van der Waals surface area contributed by atoms with Crippen molar-refractivity contribution in [3.8, 4) is 28.4 Å². The topological polar surface area (TPSA) is 132 Å². The lowest BCUT2D eigenvalue weighted by atomic mass is 9.95. The van der Waals surface area contributed by atoms with Gasteiger partial charge in [-0.25, -0.2) is 4.39 Å². The molecule has 10 nitrogen and oxygen atoms in total. The van der Waals surface area contributed by atoms with Crippen LogP contribution in [0.25, 0.3) is 22.5 Å². The second-order valence-corrected chi connectivity index (χ2v) is 10.1. The van der Waals surface area contributed by atoms with E-state index in [-0.39, 0.29) is 40.0 Å². The summed E-state index contributed by atoms with van der Waals surface area (Å²) < 4.78 is 30.0. The van der Waals surface area contributed by atoms with Gasteiger partial charge in [0.1, 0.15) is 11.4 Å². The van der Waals surface area contributed by atoms with E-state index in [1.165, 1.54) is 19.2 Å². The minimum absolute atomic E-state index is 0.0301. The third-order valence-electron chi connectivity index (χ3n) is 7.10. The molecule has 2 aromatic heterocycles. The van der Waals surface area contributed by atoms with Gasteiger partial charge in [0, 0.05) is 11.9 Å². The number of hydrogen-bond acceptors (Lipinski definition) is 8. The van der Waals surface area contributed by atoms with E-state index in [4.69, 9.17) is 25.4 Å². The summed E-state index contributed by atoms with van der Waals surface area (Å²) in [7, 11) is 1.42. The van der Waals surface area contributed by atoms with Crippen LogP contribution >= 0.6 is 11.6 Å². The van der Waals surface area contributed by atoms with Crippen molar-refractivity contribution in [1.29, 1.82) is 0 Å². The van der Waals surface area contributed by atoms with Gasteiger partial charge in [-0.05, 0) is 65.2 Å². The minimum Gasteiger partial charge on any atom is -0.479 e. The van der Waals surface area contributed by atoms with E-state index in [1.54, 1.807) is 13.0 Å². The molecule has 39 heavy (non-hydrogen) atoms. The molecule has 2 aromatic carbocycles. The Bertz CT molecular complexity index is 1610. The van der Waals surface area contributed by atoms with Gasteiger partial charge in [0.25, 0.3) is 11.8 Å². The van der Waals surface area contributed by atoms with E-state index in [1.807, 2.05) is 18.2 Å². The lowest BCUT2D eigenvalue weighted by Gasteiger charge is -2.21. The zero-order valence-corrected chi connectivity index (χ0v) is 21.8. The molecule has 0 bridgehead atoms. The van der Waals surface area contributed by atoms with E-state index in [2.05, 4.69) is 25.9 Å². The highest BCUT2D eigenvalue weighted by Crippen LogP contribution is 2.41. The Balaban J connectivity index is 1.21. The van der Waals surface area contributed by atoms with Crippen LogP contribution in [0.15, 0.2) is 45.4 Å². The highest BCUT2D eigenvalue weighted by molar-refractivity contribution is 6.31. The van der Waals surface area contributed by atoms with E-state index in [0.717, 1.165) is 16.7 Å². The molecule has 1 unspecified atom stereocenters. The van der Waals surface area contributed by atoms with Gasteiger partial charge in [0.2, 0.25) is 23.4 Å². The first kappa shape index (κ1) is 25.1. The third-order valence-corrected chi connectivity index (χ3v) is 7.32. The predicted molar refractivity (Wildman–Crippen MR) is 137 cm³/mol. The number of rotatable bonds is 7. The maximum absolute atomic E-state index is 15.0. The average molecular weight is 552 g/mol. The van der Waals surface area contributed by atoms with E-state index >= 15 is 4.39 Å². The summed E-state index contributed by atoms with van der Waals surface area (Å²) in [6.07, 6.45) is 2.44. The lowest BCUT2D eigenvalue weighted by Crippen LogP contribution is -2.49. The summed E-state index contributed by atoms with van der Waals surface area (Å²) in [5.74, 6) is -0.726. The molecule has 2 aliphatic rings. The first-order valence-corrected chi connectivity index (χ1v) is 12.7. The van der Waals surface area contributed by atoms with Gasteiger partial charge in [-0.2, -0.15) is 4.98 Å². The van der Waals surface area contributed by atoms with Crippen LogP contribution in [0.3, 0.4) is 0 Å². The van der Waals surface area contributed by atoms with Gasteiger partial charge < -0.3 is 24.4 Å². The largest absolute Gasteiger partial charge is 0.479 e. The van der Waals surface area contributed by atoms with E-state index < -0.39 is 17.3 Å². The van der Waals surface area contributed by atoms with E-state index in [9.17, 15) is 9.59 Å². The van der Waals surface area contributed by atoms with E-state index in [0.29, 0.717) is 37.1 Å². The minimum atomic E-state index is -0.990. The number of amides is 2. The summed E-state index contributed by atoms with van der Waals surface area (Å²) in [4.78, 5) is 30.0. The van der Waals surface area contributed by atoms with Gasteiger partial charge >= 0.3 is 0 Å². The molecule has 12 heteroatoms. The Labute approximate surface area is 226 Å². The number of carbonyl (C=O) groups is 2. The highest BCUT2D eigenvalue weighted by Gasteiger charge is 2.52. The van der Waals surface area contributed by atoms with Crippen molar-refractivity contribution < 1.29 is 27.8 Å². The van der Waals surface area contributed by atoms with Crippen molar-refractivity contribution in [2.24, 2.45) is 0 Å². The van der Waals surface area contributed by atoms with Gasteiger partial charge in [-0.15, -0.1) is 0 Å². The van der Waals surface area contributed by atoms with Crippen molar-refractivity contribution in [3.63, 3.8) is 0 Å². The van der Waals surface area contributed by atoms with Crippen LogP contribution < -0.4 is 15.4 Å². The number of carbonyl (C=O) groups excluding carboxylic acids is 2. The van der Waals surface area contributed by atoms with Crippen LogP contribution in [0, 0.1) is 12.7 Å². The van der Waals surface area contributed by atoms with Crippen molar-refractivity contribution >= 4 is 23.4 Å². The molecule has 2 amide bonds. The SMILES string of the molecule is COc1cc(C(=O)NC2(C(=O)NC3CCc4cc(-c5cc(Cl)cc(F)c5-c5noc(C)n5)ccc43)CC2)on1. The van der Waals surface area contributed by atoms with Crippen LogP contribution in [-0.2, 0) is 11.2 Å². The molecule has 200 valence electrons. The molecule has 1 atom stereocenters. The molecule has 4 aromatic rings. The summed E-state index contributed by atoms with van der Waals surface area (Å²) in [5, 5.41) is 13.6. The maximum atomic E-state index is 15.0. The standard InChI is InChI=1S/C27H23ClFN5O5/c1-13-30-24(34-38-13)23-18(10-16(28)11-19(23)29)15-3-5-17-14(9-15)4-6-20(17)31-26(36)27(7-8-27)32-25(35)21-12-22(37-2)33-39-21/h3,5,9-12,20H,4,6-8H2,1-2H3,(H,31,36)(H,32,35). The normalized spacial score (nSPS) is 17.0. The zero-order valence-electron chi connectivity index (χ0n) is 21.0. The maximum Gasteiger partial charge on any atom is 0.290 e. The Morgan fingerprint density at radius 2 is 1.97 bits per heavy atom. The molecular weight excluding hydrogens is 529 g/mol. The number of ether oxygens (including phenoxy) is 1. The smallest absolute Gasteiger partial charge is 0.290 e. The van der Waals surface area contributed by atoms with Crippen LogP contribution in [0.1, 0.15) is 52.9 Å². The molecule has 6 rings (SSSR count). The molecule has 2 heterocycles. The lowest BCUT2D eigenvalue weighted by molar-refractivity contribution is -0.124. The average Bonchev–Trinajstić information content (AvgIpc) is 3.24. The van der Waals surface area contributed by atoms with Crippen molar-refractivity contribution in [3.05, 3.63) is 70.0 Å². The molecule has 2 aliphatic carbocycles. The first-order chi connectivity index (χ1) is 18.8. The quantitative estimate of drug-likeness (QED) is 0.341. The predicted octanol–water partition coefficient (Wildman–Crippen LogP) is 4.57. The van der Waals surface area contributed by atoms with Crippen LogP contribution in [0.2, 0.25) is 5.02 Å². The zero-order chi connectivity index (χ0) is 27.3. The van der Waals surface area contributed by atoms with Crippen molar-refractivity contribution in [2.45, 2.75) is 44.2 Å². The second-order valence-electron chi connectivity index (χ2n) is 9.70. The molecule has 2 N–H and O–H groups in total. The van der Waals surface area contributed by atoms with Gasteiger partial charge in [-0.3, -0.25) is 9.59 Å². The first-order valence-electron chi connectivity index (χ1n) is 12.3. The summed E-state index contributed by atoms with van der Waals surface area (Å²) >= 11 is 6.20. The molecule has 0 saturated heterocycles. The fraction of sp³-hybridized carbons (Fsp3) is 0.296. The number of methoxy groups -OCH3 is 1. The summed E-state index contributed by atoms with van der Waals surface area (Å²) in [5.41, 5.74) is 2.49. The molecule has 1 fully saturated rings.